The standard InChI is InChI=1S/C21H19F3N6O2/c1-12-7-8-26-10-15(12)19(31)28-13(2)27-11-18(25-3)30-17-6-5-14(32-4)9-16(17)29-20(30)21(22,23)24/h5-11H,3H2,1-2,4H3,(H,27,28,31)/b18-11+. The van der Waals surface area contributed by atoms with Crippen molar-refractivity contribution in [1.82, 2.24) is 19.9 Å². The maximum absolute atomic E-state index is 13.7. The van der Waals surface area contributed by atoms with Crippen LogP contribution in [0.5, 0.6) is 5.75 Å². The summed E-state index contributed by atoms with van der Waals surface area (Å²) in [4.78, 5) is 27.7. The first-order valence-electron chi connectivity index (χ1n) is 9.23. The largest absolute Gasteiger partial charge is 0.497 e. The molecule has 11 heteroatoms. The van der Waals surface area contributed by atoms with Gasteiger partial charge < -0.3 is 10.1 Å². The van der Waals surface area contributed by atoms with Gasteiger partial charge in [-0.3, -0.25) is 14.3 Å². The van der Waals surface area contributed by atoms with Crippen molar-refractivity contribution in [3.8, 4) is 5.75 Å². The molecule has 0 atom stereocenters. The Morgan fingerprint density at radius 2 is 2.06 bits per heavy atom. The van der Waals surface area contributed by atoms with E-state index >= 15 is 0 Å². The third-order valence-corrected chi connectivity index (χ3v) is 4.46. The van der Waals surface area contributed by atoms with Gasteiger partial charge >= 0.3 is 6.18 Å². The minimum absolute atomic E-state index is 0.0623. The number of nitrogens with one attached hydrogen (secondary N) is 1. The van der Waals surface area contributed by atoms with E-state index in [4.69, 9.17) is 4.74 Å². The third kappa shape index (κ3) is 4.66. The lowest BCUT2D eigenvalue weighted by Gasteiger charge is -2.11. The Morgan fingerprint density at radius 3 is 2.69 bits per heavy atom. The molecule has 1 N–H and O–H groups in total. The van der Waals surface area contributed by atoms with E-state index in [-0.39, 0.29) is 22.7 Å². The topological polar surface area (TPSA) is 93.8 Å². The molecule has 0 saturated carbocycles. The van der Waals surface area contributed by atoms with Crippen molar-refractivity contribution in [2.45, 2.75) is 20.0 Å². The van der Waals surface area contributed by atoms with Crippen LogP contribution in [0.1, 0.15) is 28.7 Å². The van der Waals surface area contributed by atoms with Crippen molar-refractivity contribution in [2.24, 2.45) is 9.98 Å². The van der Waals surface area contributed by atoms with Gasteiger partial charge in [0, 0.05) is 18.5 Å². The number of fused-ring (bicyclic) bond motifs is 1. The van der Waals surface area contributed by atoms with Crippen LogP contribution in [0.2, 0.25) is 0 Å². The minimum atomic E-state index is -4.76. The summed E-state index contributed by atoms with van der Waals surface area (Å²) < 4.78 is 46.8. The third-order valence-electron chi connectivity index (χ3n) is 4.46. The van der Waals surface area contributed by atoms with Crippen LogP contribution in [0.15, 0.2) is 52.8 Å². The number of imidazole rings is 1. The molecule has 1 amide bonds. The lowest BCUT2D eigenvalue weighted by Crippen LogP contribution is -2.28. The second kappa shape index (κ2) is 9.00. The molecular weight excluding hydrogens is 425 g/mol. The molecule has 3 aromatic rings. The van der Waals surface area contributed by atoms with Crippen molar-refractivity contribution in [3.63, 3.8) is 0 Å². The van der Waals surface area contributed by atoms with Crippen LogP contribution in [0.4, 0.5) is 13.2 Å². The first-order chi connectivity index (χ1) is 15.2. The molecule has 0 aliphatic heterocycles. The number of amides is 1. The second-order valence-corrected chi connectivity index (χ2v) is 6.63. The van der Waals surface area contributed by atoms with Crippen LogP contribution in [0.25, 0.3) is 16.9 Å². The van der Waals surface area contributed by atoms with Gasteiger partial charge in [-0.15, -0.1) is 0 Å². The summed E-state index contributed by atoms with van der Waals surface area (Å²) in [5.74, 6) is -1.37. The number of rotatable bonds is 5. The van der Waals surface area contributed by atoms with Gasteiger partial charge in [-0.25, -0.2) is 15.0 Å². The molecule has 2 heterocycles. The van der Waals surface area contributed by atoms with Crippen LogP contribution in [-0.4, -0.2) is 40.1 Å². The number of nitrogens with zero attached hydrogens (tertiary/aromatic N) is 5. The van der Waals surface area contributed by atoms with Gasteiger partial charge in [-0.05, 0) is 44.3 Å². The molecule has 32 heavy (non-hydrogen) atoms. The van der Waals surface area contributed by atoms with E-state index in [1.165, 1.54) is 38.4 Å². The van der Waals surface area contributed by atoms with E-state index in [0.29, 0.717) is 16.9 Å². The highest BCUT2D eigenvalue weighted by Crippen LogP contribution is 2.34. The summed E-state index contributed by atoms with van der Waals surface area (Å²) in [5.41, 5.74) is 1.26. The molecule has 0 aliphatic rings. The highest BCUT2D eigenvalue weighted by Gasteiger charge is 2.38. The number of benzene rings is 1. The maximum atomic E-state index is 13.7. The van der Waals surface area contributed by atoms with E-state index in [1.807, 2.05) is 0 Å². The predicted octanol–water partition coefficient (Wildman–Crippen LogP) is 4.07. The Labute approximate surface area is 181 Å². The van der Waals surface area contributed by atoms with Gasteiger partial charge in [0.05, 0.1) is 29.9 Å². The predicted molar refractivity (Wildman–Crippen MR) is 115 cm³/mol. The Hall–Kier alpha value is -4.02. The zero-order valence-electron chi connectivity index (χ0n) is 17.4. The number of ether oxygens (including phenoxy) is 1. The molecule has 0 bridgehead atoms. The molecular formula is C21H19F3N6O2. The molecule has 0 fully saturated rings. The first-order valence-corrected chi connectivity index (χ1v) is 9.23. The number of carbonyl (C=O) groups is 1. The fraction of sp³-hybridized carbons (Fsp3) is 0.190. The van der Waals surface area contributed by atoms with Crippen molar-refractivity contribution in [2.75, 3.05) is 7.11 Å². The Kier molecular flexibility index (Phi) is 6.37. The number of carbonyl (C=O) groups excluding carboxylic acids is 1. The van der Waals surface area contributed by atoms with Crippen molar-refractivity contribution in [3.05, 3.63) is 59.8 Å². The van der Waals surface area contributed by atoms with Crippen molar-refractivity contribution >= 4 is 35.3 Å². The number of amidine groups is 1. The number of halogens is 3. The van der Waals surface area contributed by atoms with Crippen molar-refractivity contribution in [1.29, 1.82) is 0 Å². The number of methoxy groups -OCH3 is 1. The fourth-order valence-electron chi connectivity index (χ4n) is 2.90. The first kappa shape index (κ1) is 22.7. The highest BCUT2D eigenvalue weighted by molar-refractivity contribution is 6.06. The normalized spacial score (nSPS) is 12.7. The number of hydrogen-bond acceptors (Lipinski definition) is 6. The zero-order valence-corrected chi connectivity index (χ0v) is 17.4. The lowest BCUT2D eigenvalue weighted by atomic mass is 10.1. The van der Waals surface area contributed by atoms with Gasteiger partial charge in [-0.2, -0.15) is 13.2 Å². The molecule has 2 aromatic heterocycles. The number of aryl methyl sites for hydroxylation is 1. The monoisotopic (exact) mass is 444 g/mol. The molecule has 1 aromatic carbocycles. The maximum Gasteiger partial charge on any atom is 0.450 e. The summed E-state index contributed by atoms with van der Waals surface area (Å²) in [5, 5.41) is 2.56. The van der Waals surface area contributed by atoms with Crippen LogP contribution in [0, 0.1) is 6.92 Å². The number of aliphatic imine (C=N–C) groups is 2. The SMILES string of the molecule is C=N/C(=C\N=C(/C)NC(=O)c1cnccc1C)n1c(C(F)(F)F)nc2cc(OC)ccc21. The summed E-state index contributed by atoms with van der Waals surface area (Å²) in [7, 11) is 1.40. The molecule has 0 spiro atoms. The molecule has 0 radical (unpaired) electrons. The van der Waals surface area contributed by atoms with E-state index in [2.05, 4.69) is 32.0 Å². The Bertz CT molecular complexity index is 1240. The molecule has 8 nitrogen and oxygen atoms in total. The molecule has 166 valence electrons. The van der Waals surface area contributed by atoms with E-state index in [0.717, 1.165) is 10.8 Å². The second-order valence-electron chi connectivity index (χ2n) is 6.63. The Morgan fingerprint density at radius 1 is 1.31 bits per heavy atom. The number of pyridine rings is 1. The lowest BCUT2D eigenvalue weighted by molar-refractivity contribution is -0.145. The van der Waals surface area contributed by atoms with E-state index in [9.17, 15) is 18.0 Å². The average molecular weight is 444 g/mol. The summed E-state index contributed by atoms with van der Waals surface area (Å²) in [6.07, 6.45) is -0.729. The number of aromatic nitrogens is 3. The summed E-state index contributed by atoms with van der Waals surface area (Å²) >= 11 is 0. The minimum Gasteiger partial charge on any atom is -0.497 e. The van der Waals surface area contributed by atoms with Gasteiger partial charge in [0.2, 0.25) is 5.82 Å². The van der Waals surface area contributed by atoms with Gasteiger partial charge in [-0.1, -0.05) is 0 Å². The fourth-order valence-corrected chi connectivity index (χ4v) is 2.90. The van der Waals surface area contributed by atoms with Crippen molar-refractivity contribution < 1.29 is 22.7 Å². The molecule has 0 aliphatic carbocycles. The van der Waals surface area contributed by atoms with Gasteiger partial charge in [0.25, 0.3) is 5.91 Å². The van der Waals surface area contributed by atoms with Crippen LogP contribution < -0.4 is 10.1 Å². The molecule has 0 saturated heterocycles. The average Bonchev–Trinajstić information content (AvgIpc) is 3.13. The van der Waals surface area contributed by atoms with E-state index < -0.39 is 17.9 Å². The van der Waals surface area contributed by atoms with E-state index in [1.54, 1.807) is 19.2 Å². The highest BCUT2D eigenvalue weighted by atomic mass is 19.4. The number of alkyl halides is 3. The molecule has 0 unspecified atom stereocenters. The van der Waals surface area contributed by atoms with Crippen LogP contribution in [-0.2, 0) is 6.18 Å². The smallest absolute Gasteiger partial charge is 0.450 e. The van der Waals surface area contributed by atoms with Crippen LogP contribution >= 0.6 is 0 Å². The number of hydrogen-bond donors (Lipinski definition) is 1. The summed E-state index contributed by atoms with van der Waals surface area (Å²) in [6, 6.07) is 6.00. The quantitative estimate of drug-likeness (QED) is 0.474. The molecule has 3 rings (SSSR count). The summed E-state index contributed by atoms with van der Waals surface area (Å²) in [6.45, 7) is 6.59. The van der Waals surface area contributed by atoms with Crippen LogP contribution in [0.3, 0.4) is 0 Å². The zero-order chi connectivity index (χ0) is 23.5. The van der Waals surface area contributed by atoms with Gasteiger partial charge in [0.1, 0.15) is 11.6 Å². The van der Waals surface area contributed by atoms with Gasteiger partial charge in [0.15, 0.2) is 5.82 Å². The Balaban J connectivity index is 2.01.